The third kappa shape index (κ3) is 4.29. The van der Waals surface area contributed by atoms with Crippen molar-refractivity contribution in [3.05, 3.63) is 29.8 Å². The maximum atomic E-state index is 13.2. The van der Waals surface area contributed by atoms with Gasteiger partial charge in [-0.2, -0.15) is 0 Å². The standard InChI is InChI=1S/C20H29NO4S/c1-26(23,24)18-7-5-17(6-8-18)20(11-3-2-4-12-20)19(22)21-15-16-9-13-25-14-10-16/h5-8,16H,2-4,9-15H2,1H3,(H,21,22). The molecule has 3 rings (SSSR count). The van der Waals surface area contributed by atoms with Gasteiger partial charge in [-0.1, -0.05) is 31.4 Å². The number of carbonyl (C=O) groups is 1. The van der Waals surface area contributed by atoms with Gasteiger partial charge in [0.25, 0.3) is 0 Å². The van der Waals surface area contributed by atoms with E-state index in [0.29, 0.717) is 17.4 Å². The molecule has 5 nitrogen and oxygen atoms in total. The molecule has 1 aromatic carbocycles. The van der Waals surface area contributed by atoms with E-state index in [2.05, 4.69) is 5.32 Å². The Hall–Kier alpha value is -1.40. The number of sulfone groups is 1. The number of carbonyl (C=O) groups excluding carboxylic acids is 1. The Bertz CT molecular complexity index is 715. The molecule has 144 valence electrons. The van der Waals surface area contributed by atoms with Crippen LogP contribution >= 0.6 is 0 Å². The van der Waals surface area contributed by atoms with Crippen molar-refractivity contribution in [2.75, 3.05) is 26.0 Å². The second-order valence-corrected chi connectivity index (χ2v) is 9.72. The summed E-state index contributed by atoms with van der Waals surface area (Å²) in [5.74, 6) is 0.580. The van der Waals surface area contributed by atoms with Crippen LogP contribution in [0.4, 0.5) is 0 Å². The highest BCUT2D eigenvalue weighted by Crippen LogP contribution is 2.40. The van der Waals surface area contributed by atoms with Gasteiger partial charge in [-0.3, -0.25) is 4.79 Å². The quantitative estimate of drug-likeness (QED) is 0.854. The van der Waals surface area contributed by atoms with Gasteiger partial charge in [0, 0.05) is 26.0 Å². The fourth-order valence-corrected chi connectivity index (χ4v) is 4.81. The lowest BCUT2D eigenvalue weighted by atomic mass is 9.68. The number of benzene rings is 1. The SMILES string of the molecule is CS(=O)(=O)c1ccc(C2(C(=O)NCC3CCOCC3)CCCCC2)cc1. The monoisotopic (exact) mass is 379 g/mol. The summed E-state index contributed by atoms with van der Waals surface area (Å²) in [7, 11) is -3.23. The molecule has 1 saturated carbocycles. The summed E-state index contributed by atoms with van der Waals surface area (Å²) in [4.78, 5) is 13.5. The van der Waals surface area contributed by atoms with Crippen LogP contribution in [0.25, 0.3) is 0 Å². The highest BCUT2D eigenvalue weighted by Gasteiger charge is 2.41. The molecule has 1 aliphatic carbocycles. The van der Waals surface area contributed by atoms with Crippen molar-refractivity contribution in [2.24, 2.45) is 5.92 Å². The molecule has 6 heteroatoms. The lowest BCUT2D eigenvalue weighted by Crippen LogP contribution is -2.47. The van der Waals surface area contributed by atoms with E-state index in [4.69, 9.17) is 4.74 Å². The van der Waals surface area contributed by atoms with Crippen LogP contribution in [0.15, 0.2) is 29.2 Å². The number of hydrogen-bond donors (Lipinski definition) is 1. The van der Waals surface area contributed by atoms with E-state index in [-0.39, 0.29) is 5.91 Å². The van der Waals surface area contributed by atoms with Crippen molar-refractivity contribution in [1.29, 1.82) is 0 Å². The average Bonchev–Trinajstić information content (AvgIpc) is 2.67. The van der Waals surface area contributed by atoms with E-state index in [1.165, 1.54) is 6.26 Å². The maximum absolute atomic E-state index is 13.2. The van der Waals surface area contributed by atoms with Gasteiger partial charge in [0.15, 0.2) is 9.84 Å². The summed E-state index contributed by atoms with van der Waals surface area (Å²) in [5.41, 5.74) is 0.411. The molecule has 26 heavy (non-hydrogen) atoms. The summed E-state index contributed by atoms with van der Waals surface area (Å²) >= 11 is 0. The van der Waals surface area contributed by atoms with Gasteiger partial charge < -0.3 is 10.1 Å². The zero-order valence-corrected chi connectivity index (χ0v) is 16.3. The normalized spacial score (nSPS) is 21.3. The van der Waals surface area contributed by atoms with Crippen LogP contribution in [0.2, 0.25) is 0 Å². The molecule has 0 atom stereocenters. The van der Waals surface area contributed by atoms with Gasteiger partial charge in [0.05, 0.1) is 10.3 Å². The first-order valence-electron chi connectivity index (χ1n) is 9.58. The zero-order chi connectivity index (χ0) is 18.6. The minimum absolute atomic E-state index is 0.0933. The first kappa shape index (κ1) is 19.4. The molecule has 2 fully saturated rings. The topological polar surface area (TPSA) is 72.5 Å². The van der Waals surface area contributed by atoms with Crippen LogP contribution in [0.3, 0.4) is 0 Å². The average molecular weight is 380 g/mol. The van der Waals surface area contributed by atoms with Crippen molar-refractivity contribution in [3.63, 3.8) is 0 Å². The van der Waals surface area contributed by atoms with Gasteiger partial charge in [-0.05, 0) is 49.3 Å². The number of amides is 1. The molecule has 1 amide bonds. The number of hydrogen-bond acceptors (Lipinski definition) is 4. The third-order valence-electron chi connectivity index (χ3n) is 5.87. The second-order valence-electron chi connectivity index (χ2n) is 7.71. The first-order chi connectivity index (χ1) is 12.4. The predicted octanol–water partition coefficient (Wildman–Crippen LogP) is 2.83. The Balaban J connectivity index is 1.78. The van der Waals surface area contributed by atoms with Crippen LogP contribution in [-0.2, 0) is 24.8 Å². The predicted molar refractivity (Wildman–Crippen MR) is 101 cm³/mol. The van der Waals surface area contributed by atoms with Crippen molar-refractivity contribution in [2.45, 2.75) is 55.3 Å². The van der Waals surface area contributed by atoms with Crippen molar-refractivity contribution < 1.29 is 17.9 Å². The molecule has 2 aliphatic rings. The summed E-state index contributed by atoms with van der Waals surface area (Å²) in [5, 5.41) is 3.19. The van der Waals surface area contributed by atoms with Gasteiger partial charge in [-0.25, -0.2) is 8.42 Å². The Morgan fingerprint density at radius 2 is 1.73 bits per heavy atom. The van der Waals surface area contributed by atoms with E-state index >= 15 is 0 Å². The van der Waals surface area contributed by atoms with Crippen LogP contribution < -0.4 is 5.32 Å². The molecule has 1 saturated heterocycles. The Labute approximate surface area is 156 Å². The second kappa shape index (κ2) is 8.09. The molecule has 1 aromatic rings. The molecule has 0 unspecified atom stereocenters. The van der Waals surface area contributed by atoms with E-state index in [0.717, 1.165) is 63.7 Å². The lowest BCUT2D eigenvalue weighted by Gasteiger charge is -2.37. The minimum Gasteiger partial charge on any atom is -0.381 e. The third-order valence-corrected chi connectivity index (χ3v) is 7.00. The van der Waals surface area contributed by atoms with Crippen LogP contribution in [0.5, 0.6) is 0 Å². The van der Waals surface area contributed by atoms with Crippen LogP contribution in [-0.4, -0.2) is 40.3 Å². The maximum Gasteiger partial charge on any atom is 0.230 e. The van der Waals surface area contributed by atoms with Crippen molar-refractivity contribution in [3.8, 4) is 0 Å². The summed E-state index contributed by atoms with van der Waals surface area (Å²) in [6.45, 7) is 2.25. The highest BCUT2D eigenvalue weighted by atomic mass is 32.2. The van der Waals surface area contributed by atoms with Crippen molar-refractivity contribution in [1.82, 2.24) is 5.32 Å². The van der Waals surface area contributed by atoms with Gasteiger partial charge >= 0.3 is 0 Å². The van der Waals surface area contributed by atoms with E-state index in [1.54, 1.807) is 12.1 Å². The number of rotatable bonds is 5. The van der Waals surface area contributed by atoms with Crippen LogP contribution in [0, 0.1) is 5.92 Å². The molecular formula is C20H29NO4S. The van der Waals surface area contributed by atoms with Gasteiger partial charge in [-0.15, -0.1) is 0 Å². The van der Waals surface area contributed by atoms with E-state index in [1.807, 2.05) is 12.1 Å². The summed E-state index contributed by atoms with van der Waals surface area (Å²) < 4.78 is 28.8. The molecule has 0 spiro atoms. The van der Waals surface area contributed by atoms with E-state index in [9.17, 15) is 13.2 Å². The smallest absolute Gasteiger partial charge is 0.230 e. The largest absolute Gasteiger partial charge is 0.381 e. The molecule has 0 aromatic heterocycles. The zero-order valence-electron chi connectivity index (χ0n) is 15.5. The Kier molecular flexibility index (Phi) is 6.03. The van der Waals surface area contributed by atoms with Crippen molar-refractivity contribution >= 4 is 15.7 Å². The van der Waals surface area contributed by atoms with E-state index < -0.39 is 15.3 Å². The summed E-state index contributed by atoms with van der Waals surface area (Å²) in [6, 6.07) is 6.92. The molecule has 0 radical (unpaired) electrons. The molecular weight excluding hydrogens is 350 g/mol. The fourth-order valence-electron chi connectivity index (χ4n) is 4.18. The van der Waals surface area contributed by atoms with Gasteiger partial charge in [0.1, 0.15) is 0 Å². The summed E-state index contributed by atoms with van der Waals surface area (Å²) in [6.07, 6.45) is 8.05. The molecule has 1 aliphatic heterocycles. The molecule has 1 N–H and O–H groups in total. The molecule has 1 heterocycles. The number of nitrogens with one attached hydrogen (secondary N) is 1. The minimum atomic E-state index is -3.23. The van der Waals surface area contributed by atoms with Gasteiger partial charge in [0.2, 0.25) is 5.91 Å². The Morgan fingerprint density at radius 1 is 1.12 bits per heavy atom. The fraction of sp³-hybridized carbons (Fsp3) is 0.650. The number of ether oxygens (including phenoxy) is 1. The molecule has 0 bridgehead atoms. The van der Waals surface area contributed by atoms with Crippen LogP contribution in [0.1, 0.15) is 50.5 Å². The Morgan fingerprint density at radius 3 is 2.31 bits per heavy atom. The first-order valence-corrected chi connectivity index (χ1v) is 11.5. The lowest BCUT2D eigenvalue weighted by molar-refractivity contribution is -0.128. The highest BCUT2D eigenvalue weighted by molar-refractivity contribution is 7.90.